The summed E-state index contributed by atoms with van der Waals surface area (Å²) in [5.41, 5.74) is 1.16. The lowest BCUT2D eigenvalue weighted by molar-refractivity contribution is 0.0601. The second kappa shape index (κ2) is 7.92. The zero-order valence-electron chi connectivity index (χ0n) is 13.8. The molecule has 128 valence electrons. The Balaban J connectivity index is 1.56. The minimum Gasteiger partial charge on any atom is -0.478 e. The van der Waals surface area contributed by atoms with Crippen molar-refractivity contribution in [2.45, 2.75) is 26.3 Å². The third-order valence-corrected chi connectivity index (χ3v) is 3.97. The maximum atomic E-state index is 12.2. The van der Waals surface area contributed by atoms with E-state index in [9.17, 15) is 4.79 Å². The fourth-order valence-corrected chi connectivity index (χ4v) is 2.67. The molecule has 0 saturated carbocycles. The molecule has 1 amide bonds. The van der Waals surface area contributed by atoms with E-state index in [0.29, 0.717) is 29.7 Å². The van der Waals surface area contributed by atoms with Crippen molar-refractivity contribution in [3.63, 3.8) is 0 Å². The van der Waals surface area contributed by atoms with Gasteiger partial charge in [0.15, 0.2) is 0 Å². The van der Waals surface area contributed by atoms with E-state index in [1.54, 1.807) is 18.3 Å². The topological polar surface area (TPSA) is 78.3 Å². The number of anilines is 1. The summed E-state index contributed by atoms with van der Waals surface area (Å²) in [4.78, 5) is 16.3. The second-order valence-corrected chi connectivity index (χ2v) is 5.78. The van der Waals surface area contributed by atoms with Gasteiger partial charge < -0.3 is 14.8 Å². The van der Waals surface area contributed by atoms with E-state index in [0.717, 1.165) is 32.6 Å². The molecule has 0 aromatic carbocycles. The summed E-state index contributed by atoms with van der Waals surface area (Å²) >= 11 is 0. The van der Waals surface area contributed by atoms with Crippen molar-refractivity contribution >= 4 is 11.6 Å². The van der Waals surface area contributed by atoms with Crippen LogP contribution in [0, 0.1) is 5.92 Å². The predicted molar refractivity (Wildman–Crippen MR) is 89.1 cm³/mol. The molecule has 0 atom stereocenters. The first-order valence-corrected chi connectivity index (χ1v) is 8.25. The third kappa shape index (κ3) is 4.32. The van der Waals surface area contributed by atoms with E-state index in [2.05, 4.69) is 15.4 Å². The average molecular weight is 330 g/mol. The first kappa shape index (κ1) is 16.4. The van der Waals surface area contributed by atoms with Gasteiger partial charge in [0.25, 0.3) is 5.91 Å². The largest absolute Gasteiger partial charge is 0.478 e. The Labute approximate surface area is 141 Å². The Morgan fingerprint density at radius 1 is 1.38 bits per heavy atom. The molecule has 1 aliphatic rings. The smallest absolute Gasteiger partial charge is 0.257 e. The molecule has 7 heteroatoms. The average Bonchev–Trinajstić information content (AvgIpc) is 3.03. The Morgan fingerprint density at radius 2 is 2.21 bits per heavy atom. The van der Waals surface area contributed by atoms with Gasteiger partial charge >= 0.3 is 0 Å². The lowest BCUT2D eigenvalue weighted by Gasteiger charge is -2.21. The Bertz CT molecular complexity index is 663. The van der Waals surface area contributed by atoms with Crippen molar-refractivity contribution in [3.8, 4) is 5.88 Å². The number of carbonyl (C=O) groups is 1. The molecular formula is C17H22N4O3. The van der Waals surface area contributed by atoms with E-state index in [-0.39, 0.29) is 5.91 Å². The lowest BCUT2D eigenvalue weighted by atomic mass is 10.0. The summed E-state index contributed by atoms with van der Waals surface area (Å²) in [7, 11) is 0. The SMILES string of the molecule is CCOc1ccc(C(=O)Nc2cnn(CC3CCOCC3)c2)cn1. The van der Waals surface area contributed by atoms with Crippen LogP contribution in [0.4, 0.5) is 5.69 Å². The molecule has 2 aromatic heterocycles. The number of hydrogen-bond donors (Lipinski definition) is 1. The molecule has 7 nitrogen and oxygen atoms in total. The first-order valence-electron chi connectivity index (χ1n) is 8.25. The van der Waals surface area contributed by atoms with Gasteiger partial charge in [0.2, 0.25) is 5.88 Å². The number of amides is 1. The standard InChI is InChI=1S/C17H22N4O3/c1-2-24-16-4-3-14(9-18-16)17(22)20-15-10-19-21(12-15)11-13-5-7-23-8-6-13/h3-4,9-10,12-13H,2,5-8,11H2,1H3,(H,20,22). The number of ether oxygens (including phenoxy) is 2. The van der Waals surface area contributed by atoms with Crippen molar-refractivity contribution in [2.24, 2.45) is 5.92 Å². The van der Waals surface area contributed by atoms with Crippen LogP contribution in [0.2, 0.25) is 0 Å². The molecule has 0 radical (unpaired) electrons. The summed E-state index contributed by atoms with van der Waals surface area (Å²) < 4.78 is 12.5. The van der Waals surface area contributed by atoms with E-state index < -0.39 is 0 Å². The Kier molecular flexibility index (Phi) is 5.43. The number of carbonyl (C=O) groups excluding carboxylic acids is 1. The summed E-state index contributed by atoms with van der Waals surface area (Å²) in [6, 6.07) is 3.38. The minimum atomic E-state index is -0.212. The van der Waals surface area contributed by atoms with E-state index in [1.165, 1.54) is 6.20 Å². The van der Waals surface area contributed by atoms with Crippen molar-refractivity contribution in [1.29, 1.82) is 0 Å². The molecule has 0 unspecified atom stereocenters. The molecule has 24 heavy (non-hydrogen) atoms. The van der Waals surface area contributed by atoms with Crippen molar-refractivity contribution < 1.29 is 14.3 Å². The number of pyridine rings is 1. The van der Waals surface area contributed by atoms with Gasteiger partial charge in [-0.1, -0.05) is 0 Å². The van der Waals surface area contributed by atoms with Gasteiger partial charge in [0.1, 0.15) is 0 Å². The molecule has 0 spiro atoms. The Hall–Kier alpha value is -2.41. The highest BCUT2D eigenvalue weighted by molar-refractivity contribution is 6.03. The third-order valence-electron chi connectivity index (χ3n) is 3.97. The molecule has 1 saturated heterocycles. The van der Waals surface area contributed by atoms with Crippen molar-refractivity contribution in [1.82, 2.24) is 14.8 Å². The van der Waals surface area contributed by atoms with Crippen LogP contribution in [0.5, 0.6) is 5.88 Å². The number of nitrogens with one attached hydrogen (secondary N) is 1. The van der Waals surface area contributed by atoms with Crippen LogP contribution < -0.4 is 10.1 Å². The molecule has 1 aliphatic heterocycles. The molecule has 3 rings (SSSR count). The molecule has 2 aromatic rings. The molecule has 1 fully saturated rings. The minimum absolute atomic E-state index is 0.212. The first-order chi connectivity index (χ1) is 11.7. The number of aromatic nitrogens is 3. The maximum Gasteiger partial charge on any atom is 0.257 e. The summed E-state index contributed by atoms with van der Waals surface area (Å²) in [5.74, 6) is 0.881. The van der Waals surface area contributed by atoms with Gasteiger partial charge in [-0.05, 0) is 31.7 Å². The fraction of sp³-hybridized carbons (Fsp3) is 0.471. The number of hydrogen-bond acceptors (Lipinski definition) is 5. The number of rotatable bonds is 6. The fourth-order valence-electron chi connectivity index (χ4n) is 2.67. The number of nitrogens with zero attached hydrogens (tertiary/aromatic N) is 3. The van der Waals surface area contributed by atoms with Crippen LogP contribution in [-0.2, 0) is 11.3 Å². The van der Waals surface area contributed by atoms with Crippen molar-refractivity contribution in [3.05, 3.63) is 36.3 Å². The highest BCUT2D eigenvalue weighted by Crippen LogP contribution is 2.18. The van der Waals surface area contributed by atoms with Gasteiger partial charge in [-0.3, -0.25) is 9.48 Å². The summed E-state index contributed by atoms with van der Waals surface area (Å²) in [6.07, 6.45) is 7.14. The summed E-state index contributed by atoms with van der Waals surface area (Å²) in [6.45, 7) is 4.93. The quantitative estimate of drug-likeness (QED) is 0.879. The van der Waals surface area contributed by atoms with Gasteiger partial charge in [-0.15, -0.1) is 0 Å². The second-order valence-electron chi connectivity index (χ2n) is 5.78. The van der Waals surface area contributed by atoms with E-state index >= 15 is 0 Å². The molecule has 1 N–H and O–H groups in total. The molecular weight excluding hydrogens is 308 g/mol. The van der Waals surface area contributed by atoms with Crippen LogP contribution in [0.25, 0.3) is 0 Å². The van der Waals surface area contributed by atoms with E-state index in [4.69, 9.17) is 9.47 Å². The molecule has 0 aliphatic carbocycles. The molecule has 0 bridgehead atoms. The van der Waals surface area contributed by atoms with Crippen LogP contribution in [0.15, 0.2) is 30.7 Å². The van der Waals surface area contributed by atoms with Gasteiger partial charge in [-0.2, -0.15) is 5.10 Å². The zero-order valence-corrected chi connectivity index (χ0v) is 13.8. The highest BCUT2D eigenvalue weighted by atomic mass is 16.5. The summed E-state index contributed by atoms with van der Waals surface area (Å²) in [5, 5.41) is 7.16. The van der Waals surface area contributed by atoms with E-state index in [1.807, 2.05) is 17.8 Å². The maximum absolute atomic E-state index is 12.2. The lowest BCUT2D eigenvalue weighted by Crippen LogP contribution is -2.20. The normalized spacial score (nSPS) is 15.2. The van der Waals surface area contributed by atoms with Crippen LogP contribution >= 0.6 is 0 Å². The highest BCUT2D eigenvalue weighted by Gasteiger charge is 2.15. The van der Waals surface area contributed by atoms with Gasteiger partial charge in [-0.25, -0.2) is 4.98 Å². The Morgan fingerprint density at radius 3 is 2.92 bits per heavy atom. The van der Waals surface area contributed by atoms with Crippen molar-refractivity contribution in [2.75, 3.05) is 25.1 Å². The predicted octanol–water partition coefficient (Wildman–Crippen LogP) is 2.36. The van der Waals surface area contributed by atoms with Gasteiger partial charge in [0, 0.05) is 38.2 Å². The molecule has 3 heterocycles. The van der Waals surface area contributed by atoms with Crippen LogP contribution in [0.3, 0.4) is 0 Å². The van der Waals surface area contributed by atoms with Crippen LogP contribution in [0.1, 0.15) is 30.1 Å². The van der Waals surface area contributed by atoms with Gasteiger partial charge in [0.05, 0.1) is 24.1 Å². The zero-order chi connectivity index (χ0) is 16.8. The van der Waals surface area contributed by atoms with Crippen LogP contribution in [-0.4, -0.2) is 40.5 Å². The monoisotopic (exact) mass is 330 g/mol.